The number of methoxy groups -OCH3 is 2. The first-order valence-electron chi connectivity index (χ1n) is 6.93. The highest BCUT2D eigenvalue weighted by molar-refractivity contribution is 5.68. The molecule has 2 rings (SSSR count). The van der Waals surface area contributed by atoms with Crippen molar-refractivity contribution in [2.24, 2.45) is 0 Å². The topological polar surface area (TPSA) is 18.5 Å². The van der Waals surface area contributed by atoms with E-state index in [1.165, 1.54) is 24.3 Å². The molecule has 0 saturated heterocycles. The van der Waals surface area contributed by atoms with Crippen LogP contribution in [0.2, 0.25) is 0 Å². The van der Waals surface area contributed by atoms with Crippen LogP contribution in [-0.2, 0) is 15.7 Å². The lowest BCUT2D eigenvalue weighted by Gasteiger charge is -2.26. The number of rotatable bonds is 5. The Bertz CT molecular complexity index is 680. The van der Waals surface area contributed by atoms with E-state index in [0.29, 0.717) is 11.1 Å². The quantitative estimate of drug-likeness (QED) is 0.684. The highest BCUT2D eigenvalue weighted by Gasteiger charge is 2.42. The van der Waals surface area contributed by atoms with Gasteiger partial charge in [0.1, 0.15) is 0 Å². The lowest BCUT2D eigenvalue weighted by molar-refractivity contribution is -0.284. The van der Waals surface area contributed by atoms with Crippen molar-refractivity contribution < 1.29 is 31.4 Å². The maximum Gasteiger partial charge on any atom is 0.416 e. The Hall–Kier alpha value is -1.99. The van der Waals surface area contributed by atoms with Gasteiger partial charge in [-0.15, -0.1) is 0 Å². The van der Waals surface area contributed by atoms with Gasteiger partial charge in [-0.25, -0.2) is 0 Å². The van der Waals surface area contributed by atoms with Gasteiger partial charge in [0.05, 0.1) is 5.56 Å². The van der Waals surface area contributed by atoms with Crippen molar-refractivity contribution in [1.29, 1.82) is 0 Å². The zero-order valence-electron chi connectivity index (χ0n) is 12.9. The molecular weight excluding hydrogens is 331 g/mol. The predicted octanol–water partition coefficient (Wildman–Crippen LogP) is 5.30. The molecule has 7 heteroatoms. The SMILES string of the molecule is COC(c1ccccc1-c1ccc(C(F)(F)F)cc1)C(F)(F)OC. The summed E-state index contributed by atoms with van der Waals surface area (Å²) >= 11 is 0. The molecule has 0 aromatic heterocycles. The van der Waals surface area contributed by atoms with E-state index in [4.69, 9.17) is 4.74 Å². The van der Waals surface area contributed by atoms with Gasteiger partial charge in [0, 0.05) is 14.2 Å². The highest BCUT2D eigenvalue weighted by Crippen LogP contribution is 2.40. The first-order valence-corrected chi connectivity index (χ1v) is 6.93. The molecular formula is C17H15F5O2. The van der Waals surface area contributed by atoms with E-state index in [2.05, 4.69) is 4.74 Å². The van der Waals surface area contributed by atoms with Gasteiger partial charge in [0.2, 0.25) is 0 Å². The average molecular weight is 346 g/mol. The van der Waals surface area contributed by atoms with E-state index in [0.717, 1.165) is 26.4 Å². The number of benzene rings is 2. The van der Waals surface area contributed by atoms with Gasteiger partial charge in [0.25, 0.3) is 0 Å². The standard InChI is InChI=1S/C17H15F5O2/c1-23-15(17(21,22)24-2)14-6-4-3-5-13(14)11-7-9-12(10-8-11)16(18,19)20/h3-10,15H,1-2H3. The summed E-state index contributed by atoms with van der Waals surface area (Å²) in [7, 11) is 1.97. The second kappa shape index (κ2) is 6.86. The summed E-state index contributed by atoms with van der Waals surface area (Å²) < 4.78 is 74.9. The van der Waals surface area contributed by atoms with E-state index in [1.807, 2.05) is 0 Å². The maximum absolute atomic E-state index is 13.9. The Kier molecular flexibility index (Phi) is 5.25. The third kappa shape index (κ3) is 3.73. The molecule has 0 spiro atoms. The van der Waals surface area contributed by atoms with Crippen LogP contribution in [0.4, 0.5) is 22.0 Å². The largest absolute Gasteiger partial charge is 0.416 e. The molecule has 0 fully saturated rings. The summed E-state index contributed by atoms with van der Waals surface area (Å²) in [5, 5.41) is 0. The van der Waals surface area contributed by atoms with E-state index in [1.54, 1.807) is 12.1 Å². The monoisotopic (exact) mass is 346 g/mol. The second-order valence-electron chi connectivity index (χ2n) is 5.04. The molecule has 0 N–H and O–H groups in total. The summed E-state index contributed by atoms with van der Waals surface area (Å²) in [5.41, 5.74) is 0.0169. The van der Waals surface area contributed by atoms with Gasteiger partial charge in [0.15, 0.2) is 6.10 Å². The molecule has 0 radical (unpaired) electrons. The number of alkyl halides is 5. The van der Waals surface area contributed by atoms with Crippen LogP contribution < -0.4 is 0 Å². The molecule has 24 heavy (non-hydrogen) atoms. The minimum absolute atomic E-state index is 0.117. The number of halogens is 5. The third-order valence-corrected chi connectivity index (χ3v) is 3.58. The highest BCUT2D eigenvalue weighted by atomic mass is 19.4. The smallest absolute Gasteiger partial charge is 0.368 e. The van der Waals surface area contributed by atoms with E-state index >= 15 is 0 Å². The van der Waals surface area contributed by atoms with Crippen molar-refractivity contribution in [3.8, 4) is 11.1 Å². The zero-order chi connectivity index (χ0) is 18.0. The average Bonchev–Trinajstić information content (AvgIpc) is 2.55. The van der Waals surface area contributed by atoms with Gasteiger partial charge in [-0.2, -0.15) is 22.0 Å². The summed E-state index contributed by atoms with van der Waals surface area (Å²) in [5.74, 6) is 0. The van der Waals surface area contributed by atoms with Crippen molar-refractivity contribution in [1.82, 2.24) is 0 Å². The molecule has 0 heterocycles. The van der Waals surface area contributed by atoms with Crippen molar-refractivity contribution in [3.05, 3.63) is 59.7 Å². The molecule has 2 nitrogen and oxygen atoms in total. The fourth-order valence-corrected chi connectivity index (χ4v) is 2.38. The minimum Gasteiger partial charge on any atom is -0.368 e. The van der Waals surface area contributed by atoms with E-state index in [-0.39, 0.29) is 5.56 Å². The maximum atomic E-state index is 13.9. The van der Waals surface area contributed by atoms with Gasteiger partial charge in [-0.3, -0.25) is 0 Å². The molecule has 0 saturated carbocycles. The van der Waals surface area contributed by atoms with Crippen LogP contribution in [0.3, 0.4) is 0 Å². The fraction of sp³-hybridized carbons (Fsp3) is 0.294. The van der Waals surface area contributed by atoms with Crippen LogP contribution >= 0.6 is 0 Å². The summed E-state index contributed by atoms with van der Waals surface area (Å²) in [6.07, 6.45) is -9.74. The molecule has 0 aliphatic carbocycles. The molecule has 0 amide bonds. The van der Waals surface area contributed by atoms with Crippen molar-refractivity contribution in [3.63, 3.8) is 0 Å². The molecule has 0 aliphatic heterocycles. The van der Waals surface area contributed by atoms with E-state index < -0.39 is 24.0 Å². The Morgan fingerprint density at radius 1 is 0.833 bits per heavy atom. The van der Waals surface area contributed by atoms with Crippen LogP contribution in [-0.4, -0.2) is 20.3 Å². The molecule has 1 unspecified atom stereocenters. The number of hydrogen-bond acceptors (Lipinski definition) is 2. The molecule has 2 aromatic rings. The summed E-state index contributed by atoms with van der Waals surface area (Å²) in [6.45, 7) is 0. The molecule has 0 aliphatic rings. The van der Waals surface area contributed by atoms with Crippen LogP contribution in [0.5, 0.6) is 0 Å². The van der Waals surface area contributed by atoms with Gasteiger partial charge in [-0.1, -0.05) is 36.4 Å². The van der Waals surface area contributed by atoms with Crippen molar-refractivity contribution in [2.45, 2.75) is 18.4 Å². The fourth-order valence-electron chi connectivity index (χ4n) is 2.38. The Morgan fingerprint density at radius 2 is 1.42 bits per heavy atom. The van der Waals surface area contributed by atoms with Crippen molar-refractivity contribution >= 4 is 0 Å². The van der Waals surface area contributed by atoms with Crippen LogP contribution in [0.25, 0.3) is 11.1 Å². The van der Waals surface area contributed by atoms with Crippen LogP contribution in [0.15, 0.2) is 48.5 Å². The minimum atomic E-state index is -4.46. The first-order chi connectivity index (χ1) is 11.2. The molecule has 0 bridgehead atoms. The number of hydrogen-bond donors (Lipinski definition) is 0. The van der Waals surface area contributed by atoms with Gasteiger partial charge < -0.3 is 9.47 Å². The van der Waals surface area contributed by atoms with Gasteiger partial charge >= 0.3 is 12.3 Å². The van der Waals surface area contributed by atoms with Crippen LogP contribution in [0.1, 0.15) is 17.2 Å². The molecule has 130 valence electrons. The molecule has 1 atom stereocenters. The lowest BCUT2D eigenvalue weighted by Crippen LogP contribution is -2.30. The Labute approximate surface area is 135 Å². The Balaban J connectivity index is 2.49. The van der Waals surface area contributed by atoms with Crippen LogP contribution in [0, 0.1) is 0 Å². The zero-order valence-corrected chi connectivity index (χ0v) is 12.9. The van der Waals surface area contributed by atoms with Crippen molar-refractivity contribution in [2.75, 3.05) is 14.2 Å². The normalized spacial score (nSPS) is 13.8. The molecule has 2 aromatic carbocycles. The van der Waals surface area contributed by atoms with E-state index in [9.17, 15) is 22.0 Å². The third-order valence-electron chi connectivity index (χ3n) is 3.58. The second-order valence-corrected chi connectivity index (χ2v) is 5.04. The Morgan fingerprint density at radius 3 is 1.92 bits per heavy atom. The predicted molar refractivity (Wildman–Crippen MR) is 78.6 cm³/mol. The number of ether oxygens (including phenoxy) is 2. The first kappa shape index (κ1) is 18.4. The lowest BCUT2D eigenvalue weighted by atomic mass is 9.95. The summed E-state index contributed by atoms with van der Waals surface area (Å²) in [6, 6.07) is 10.4. The van der Waals surface area contributed by atoms with Gasteiger partial charge in [-0.05, 0) is 28.8 Å². The summed E-state index contributed by atoms with van der Waals surface area (Å²) in [4.78, 5) is 0.